The van der Waals surface area contributed by atoms with Crippen molar-refractivity contribution < 1.29 is 14.4 Å². The normalized spacial score (nSPS) is 49.5. The van der Waals surface area contributed by atoms with Gasteiger partial charge in [-0.25, -0.2) is 0 Å². The first-order valence-corrected chi connectivity index (χ1v) is 8.39. The molecule has 1 saturated carbocycles. The first kappa shape index (κ1) is 13.0. The number of hydrogen-bond donors (Lipinski definition) is 1. The van der Waals surface area contributed by atoms with Gasteiger partial charge in [0.15, 0.2) is 0 Å². The summed E-state index contributed by atoms with van der Waals surface area (Å²) in [5, 5.41) is 3.48. The van der Waals surface area contributed by atoms with Crippen LogP contribution < -0.4 is 5.32 Å². The standard InChI is InChI=1S/C16H21N3O3/c1-18-14(21)11-10-2-3-16(12(11)15(18)22)9-4-8(5-17-6-9)7-19(16)13(10)20/h8-12,17H,2-7H2,1H3/t8-,9+,10+,11-,12+,16+/m1/s1. The fourth-order valence-electron chi connectivity index (χ4n) is 6.22. The third kappa shape index (κ3) is 1.22. The molecular weight excluding hydrogens is 282 g/mol. The minimum Gasteiger partial charge on any atom is -0.335 e. The Hall–Kier alpha value is -1.43. The second kappa shape index (κ2) is 3.91. The van der Waals surface area contributed by atoms with Crippen molar-refractivity contribution in [1.29, 1.82) is 0 Å². The summed E-state index contributed by atoms with van der Waals surface area (Å²) < 4.78 is 0. The van der Waals surface area contributed by atoms with Gasteiger partial charge >= 0.3 is 0 Å². The minimum absolute atomic E-state index is 0.0544. The molecule has 22 heavy (non-hydrogen) atoms. The third-order valence-electron chi connectivity index (χ3n) is 7.07. The van der Waals surface area contributed by atoms with Crippen LogP contribution in [0.2, 0.25) is 0 Å². The number of amides is 3. The summed E-state index contributed by atoms with van der Waals surface area (Å²) >= 11 is 0. The molecule has 6 nitrogen and oxygen atoms in total. The van der Waals surface area contributed by atoms with E-state index in [1.54, 1.807) is 7.05 Å². The van der Waals surface area contributed by atoms with E-state index in [0.717, 1.165) is 38.9 Å². The van der Waals surface area contributed by atoms with E-state index in [2.05, 4.69) is 5.32 Å². The van der Waals surface area contributed by atoms with Gasteiger partial charge in [0.1, 0.15) is 0 Å². The Labute approximate surface area is 129 Å². The lowest BCUT2D eigenvalue weighted by atomic mass is 9.51. The molecule has 6 rings (SSSR count). The average molecular weight is 303 g/mol. The molecule has 5 heterocycles. The van der Waals surface area contributed by atoms with Crippen molar-refractivity contribution in [3.63, 3.8) is 0 Å². The summed E-state index contributed by atoms with van der Waals surface area (Å²) in [6.45, 7) is 2.58. The highest BCUT2D eigenvalue weighted by molar-refractivity contribution is 6.09. The summed E-state index contributed by atoms with van der Waals surface area (Å²) in [7, 11) is 1.58. The number of likely N-dealkylation sites (tertiary alicyclic amines) is 1. The SMILES string of the molecule is CN1C(=O)[C@@H]2[C@@H]3CC[C@]4([C@@H]5CNC[C@@H](C5)CN4C3=O)[C@@H]2C1=O. The molecule has 6 atom stereocenters. The second-order valence-corrected chi connectivity index (χ2v) is 7.78. The van der Waals surface area contributed by atoms with Gasteiger partial charge in [0.05, 0.1) is 23.3 Å². The molecule has 1 aliphatic carbocycles. The molecule has 118 valence electrons. The van der Waals surface area contributed by atoms with E-state index in [4.69, 9.17) is 0 Å². The van der Waals surface area contributed by atoms with Gasteiger partial charge in [0.25, 0.3) is 0 Å². The first-order valence-electron chi connectivity index (χ1n) is 8.39. The Morgan fingerprint density at radius 1 is 1.14 bits per heavy atom. The average Bonchev–Trinajstić information content (AvgIpc) is 2.76. The van der Waals surface area contributed by atoms with E-state index in [1.165, 1.54) is 4.90 Å². The molecule has 6 aliphatic rings. The van der Waals surface area contributed by atoms with E-state index >= 15 is 0 Å². The Kier molecular flexibility index (Phi) is 2.32. The molecule has 5 saturated heterocycles. The van der Waals surface area contributed by atoms with Crippen LogP contribution in [-0.4, -0.2) is 59.7 Å². The lowest BCUT2D eigenvalue weighted by Gasteiger charge is -2.65. The number of carbonyl (C=O) groups is 3. The van der Waals surface area contributed by atoms with Crippen molar-refractivity contribution in [2.24, 2.45) is 29.6 Å². The Morgan fingerprint density at radius 3 is 2.77 bits per heavy atom. The van der Waals surface area contributed by atoms with Gasteiger partial charge in [-0.15, -0.1) is 0 Å². The van der Waals surface area contributed by atoms with Gasteiger partial charge in [-0.3, -0.25) is 19.3 Å². The van der Waals surface area contributed by atoms with Gasteiger partial charge < -0.3 is 10.2 Å². The van der Waals surface area contributed by atoms with Gasteiger partial charge in [-0.2, -0.15) is 0 Å². The Morgan fingerprint density at radius 2 is 1.95 bits per heavy atom. The largest absolute Gasteiger partial charge is 0.335 e. The molecule has 1 spiro atoms. The van der Waals surface area contributed by atoms with Crippen LogP contribution in [0.3, 0.4) is 0 Å². The molecule has 3 amide bonds. The molecule has 6 fully saturated rings. The maximum absolute atomic E-state index is 13.0. The van der Waals surface area contributed by atoms with Crippen LogP contribution in [0.25, 0.3) is 0 Å². The van der Waals surface area contributed by atoms with Crippen LogP contribution in [-0.2, 0) is 14.4 Å². The predicted octanol–water partition coefficient (Wildman–Crippen LogP) is -0.552. The molecule has 0 aromatic carbocycles. The maximum Gasteiger partial charge on any atom is 0.235 e. The maximum atomic E-state index is 13.0. The zero-order chi connectivity index (χ0) is 15.2. The van der Waals surface area contributed by atoms with Crippen molar-refractivity contribution in [3.05, 3.63) is 0 Å². The number of rotatable bonds is 0. The molecule has 4 bridgehead atoms. The number of piperidine rings is 4. The smallest absolute Gasteiger partial charge is 0.235 e. The molecule has 1 N–H and O–H groups in total. The molecule has 5 aliphatic heterocycles. The van der Waals surface area contributed by atoms with Crippen LogP contribution >= 0.6 is 0 Å². The zero-order valence-electron chi connectivity index (χ0n) is 12.7. The van der Waals surface area contributed by atoms with Gasteiger partial charge in [0, 0.05) is 20.1 Å². The van der Waals surface area contributed by atoms with Crippen molar-refractivity contribution in [2.75, 3.05) is 26.7 Å². The number of nitrogens with zero attached hydrogens (tertiary/aromatic N) is 2. The number of fused-ring (bicyclic) bond motifs is 3. The highest BCUT2D eigenvalue weighted by Gasteiger charge is 2.72. The van der Waals surface area contributed by atoms with E-state index in [1.807, 2.05) is 4.90 Å². The van der Waals surface area contributed by atoms with Crippen LogP contribution in [0.5, 0.6) is 0 Å². The lowest BCUT2D eigenvalue weighted by Crippen LogP contribution is -2.77. The fourth-order valence-corrected chi connectivity index (χ4v) is 6.22. The summed E-state index contributed by atoms with van der Waals surface area (Å²) in [4.78, 5) is 41.6. The minimum atomic E-state index is -0.405. The number of imide groups is 1. The number of nitrogens with one attached hydrogen (secondary N) is 1. The van der Waals surface area contributed by atoms with Crippen LogP contribution in [0, 0.1) is 29.6 Å². The summed E-state index contributed by atoms with van der Waals surface area (Å²) in [5.74, 6) is -0.197. The molecule has 0 radical (unpaired) electrons. The van der Waals surface area contributed by atoms with Gasteiger partial charge in [-0.1, -0.05) is 0 Å². The molecule has 6 heteroatoms. The number of carbonyl (C=O) groups excluding carboxylic acids is 3. The highest BCUT2D eigenvalue weighted by Crippen LogP contribution is 2.60. The van der Waals surface area contributed by atoms with E-state index in [-0.39, 0.29) is 29.6 Å². The topological polar surface area (TPSA) is 69.7 Å². The van der Waals surface area contributed by atoms with Crippen molar-refractivity contribution >= 4 is 17.7 Å². The van der Waals surface area contributed by atoms with Crippen LogP contribution in [0.4, 0.5) is 0 Å². The van der Waals surface area contributed by atoms with Crippen molar-refractivity contribution in [1.82, 2.24) is 15.1 Å². The lowest BCUT2D eigenvalue weighted by molar-refractivity contribution is -0.195. The first-order chi connectivity index (χ1) is 10.6. The fraction of sp³-hybridized carbons (Fsp3) is 0.812. The molecule has 0 aromatic rings. The monoisotopic (exact) mass is 303 g/mol. The molecule has 0 aromatic heterocycles. The third-order valence-corrected chi connectivity index (χ3v) is 7.07. The van der Waals surface area contributed by atoms with E-state index < -0.39 is 11.5 Å². The quantitative estimate of drug-likeness (QED) is 0.610. The summed E-state index contributed by atoms with van der Waals surface area (Å²) in [5.41, 5.74) is -0.405. The van der Waals surface area contributed by atoms with Crippen molar-refractivity contribution in [3.8, 4) is 0 Å². The van der Waals surface area contributed by atoms with Crippen LogP contribution in [0.1, 0.15) is 19.3 Å². The van der Waals surface area contributed by atoms with E-state index in [9.17, 15) is 14.4 Å². The van der Waals surface area contributed by atoms with Gasteiger partial charge in [-0.05, 0) is 37.6 Å². The van der Waals surface area contributed by atoms with Crippen LogP contribution in [0.15, 0.2) is 0 Å². The predicted molar refractivity (Wildman–Crippen MR) is 76.4 cm³/mol. The van der Waals surface area contributed by atoms with E-state index in [0.29, 0.717) is 11.8 Å². The zero-order valence-corrected chi connectivity index (χ0v) is 12.7. The Balaban J connectivity index is 1.69. The van der Waals surface area contributed by atoms with Crippen molar-refractivity contribution in [2.45, 2.75) is 24.8 Å². The summed E-state index contributed by atoms with van der Waals surface area (Å²) in [6, 6.07) is 0. The Bertz CT molecular complexity index is 605. The second-order valence-electron chi connectivity index (χ2n) is 7.78. The van der Waals surface area contributed by atoms with Gasteiger partial charge in [0.2, 0.25) is 17.7 Å². The summed E-state index contributed by atoms with van der Waals surface area (Å²) in [6.07, 6.45) is 2.73. The number of hydrogen-bond acceptors (Lipinski definition) is 4. The highest BCUT2D eigenvalue weighted by atomic mass is 16.2. The molecular formula is C16H21N3O3. The molecule has 0 unspecified atom stereocenters.